The summed E-state index contributed by atoms with van der Waals surface area (Å²) in [6.45, 7) is 0.712. The van der Waals surface area contributed by atoms with Gasteiger partial charge in [-0.05, 0) is 30.2 Å². The number of halogens is 3. The van der Waals surface area contributed by atoms with Gasteiger partial charge in [0.15, 0.2) is 11.6 Å². The van der Waals surface area contributed by atoms with Crippen LogP contribution in [0.15, 0.2) is 36.4 Å². The standard InChI is InChI=1S/C16H14F3NO/c17-11-5-4-10-6-7-20(14(10)8-11)9-15(21)12-2-1-3-13(18)16(12)19/h1-5,8,15,21H,6-7,9H2. The highest BCUT2D eigenvalue weighted by atomic mass is 19.2. The molecule has 0 aromatic heterocycles. The topological polar surface area (TPSA) is 23.5 Å². The van der Waals surface area contributed by atoms with Crippen LogP contribution in [-0.2, 0) is 6.42 Å². The van der Waals surface area contributed by atoms with Gasteiger partial charge in [-0.15, -0.1) is 0 Å². The lowest BCUT2D eigenvalue weighted by Crippen LogP contribution is -2.27. The van der Waals surface area contributed by atoms with E-state index in [4.69, 9.17) is 0 Å². The summed E-state index contributed by atoms with van der Waals surface area (Å²) < 4.78 is 40.2. The number of hydrogen-bond donors (Lipinski definition) is 1. The average molecular weight is 293 g/mol. The largest absolute Gasteiger partial charge is 0.386 e. The molecule has 0 aliphatic carbocycles. The van der Waals surface area contributed by atoms with Crippen LogP contribution >= 0.6 is 0 Å². The van der Waals surface area contributed by atoms with Gasteiger partial charge < -0.3 is 10.0 Å². The van der Waals surface area contributed by atoms with Crippen LogP contribution in [0.2, 0.25) is 0 Å². The van der Waals surface area contributed by atoms with Crippen molar-refractivity contribution in [2.75, 3.05) is 18.0 Å². The first-order chi connectivity index (χ1) is 10.1. The molecular weight excluding hydrogens is 279 g/mol. The van der Waals surface area contributed by atoms with E-state index in [1.165, 1.54) is 24.3 Å². The summed E-state index contributed by atoms with van der Waals surface area (Å²) in [5.41, 5.74) is 1.61. The average Bonchev–Trinajstić information content (AvgIpc) is 2.84. The summed E-state index contributed by atoms with van der Waals surface area (Å²) in [5.74, 6) is -2.38. The number of benzene rings is 2. The second-order valence-electron chi connectivity index (χ2n) is 5.13. The Morgan fingerprint density at radius 2 is 1.95 bits per heavy atom. The molecule has 21 heavy (non-hydrogen) atoms. The number of β-amino-alcohol motifs (C(OH)–C–C–N with tert-alkyl or cyclic N) is 1. The zero-order valence-electron chi connectivity index (χ0n) is 11.2. The minimum absolute atomic E-state index is 0.0835. The summed E-state index contributed by atoms with van der Waals surface area (Å²) in [5, 5.41) is 10.1. The Kier molecular flexibility index (Phi) is 3.59. The third-order valence-electron chi connectivity index (χ3n) is 3.77. The van der Waals surface area contributed by atoms with Gasteiger partial charge in [-0.3, -0.25) is 0 Å². The van der Waals surface area contributed by atoms with Crippen LogP contribution in [0.3, 0.4) is 0 Å². The molecule has 0 saturated carbocycles. The molecule has 0 radical (unpaired) electrons. The molecule has 0 spiro atoms. The third kappa shape index (κ3) is 2.61. The van der Waals surface area contributed by atoms with E-state index in [-0.39, 0.29) is 17.9 Å². The molecule has 3 rings (SSSR count). The molecular formula is C16H14F3NO. The van der Waals surface area contributed by atoms with Gasteiger partial charge in [-0.2, -0.15) is 0 Å². The molecule has 0 saturated heterocycles. The van der Waals surface area contributed by atoms with E-state index in [1.807, 2.05) is 0 Å². The minimum Gasteiger partial charge on any atom is -0.386 e. The van der Waals surface area contributed by atoms with Crippen molar-refractivity contribution < 1.29 is 18.3 Å². The fraction of sp³-hybridized carbons (Fsp3) is 0.250. The lowest BCUT2D eigenvalue weighted by molar-refractivity contribution is 0.178. The first-order valence-electron chi connectivity index (χ1n) is 6.71. The number of aliphatic hydroxyl groups is 1. The number of aliphatic hydroxyl groups excluding tert-OH is 1. The summed E-state index contributed by atoms with van der Waals surface area (Å²) >= 11 is 0. The van der Waals surface area contributed by atoms with Crippen LogP contribution in [-0.4, -0.2) is 18.2 Å². The molecule has 110 valence electrons. The van der Waals surface area contributed by atoms with Crippen LogP contribution in [0.4, 0.5) is 18.9 Å². The second kappa shape index (κ2) is 5.41. The summed E-state index contributed by atoms with van der Waals surface area (Å²) in [6, 6.07) is 8.22. The predicted molar refractivity (Wildman–Crippen MR) is 73.6 cm³/mol. The molecule has 1 unspecified atom stereocenters. The first kappa shape index (κ1) is 13.9. The van der Waals surface area contributed by atoms with E-state index in [0.717, 1.165) is 18.1 Å². The molecule has 1 N–H and O–H groups in total. The Hall–Kier alpha value is -2.01. The smallest absolute Gasteiger partial charge is 0.164 e. The fourth-order valence-corrected chi connectivity index (χ4v) is 2.69. The summed E-state index contributed by atoms with van der Waals surface area (Å²) in [7, 11) is 0. The molecule has 1 heterocycles. The molecule has 0 fully saturated rings. The van der Waals surface area contributed by atoms with E-state index >= 15 is 0 Å². The molecule has 1 atom stereocenters. The number of rotatable bonds is 3. The zero-order valence-corrected chi connectivity index (χ0v) is 11.2. The second-order valence-corrected chi connectivity index (χ2v) is 5.13. The molecule has 1 aliphatic rings. The Labute approximate surface area is 120 Å². The lowest BCUT2D eigenvalue weighted by atomic mass is 10.1. The Morgan fingerprint density at radius 1 is 1.14 bits per heavy atom. The number of hydrogen-bond acceptors (Lipinski definition) is 2. The predicted octanol–water partition coefficient (Wildman–Crippen LogP) is 3.20. The molecule has 2 aromatic rings. The zero-order chi connectivity index (χ0) is 15.0. The highest BCUT2D eigenvalue weighted by molar-refractivity contribution is 5.58. The van der Waals surface area contributed by atoms with Gasteiger partial charge in [0.05, 0.1) is 6.10 Å². The van der Waals surface area contributed by atoms with Crippen LogP contribution in [0.5, 0.6) is 0 Å². The van der Waals surface area contributed by atoms with Gasteiger partial charge in [0.25, 0.3) is 0 Å². The van der Waals surface area contributed by atoms with E-state index in [1.54, 1.807) is 11.0 Å². The van der Waals surface area contributed by atoms with E-state index in [2.05, 4.69) is 0 Å². The maximum Gasteiger partial charge on any atom is 0.164 e. The SMILES string of the molecule is OC(CN1CCc2ccc(F)cc21)c1cccc(F)c1F. The quantitative estimate of drug-likeness (QED) is 0.939. The number of fused-ring (bicyclic) bond motifs is 1. The Morgan fingerprint density at radius 3 is 2.76 bits per heavy atom. The van der Waals surface area contributed by atoms with Gasteiger partial charge in [-0.1, -0.05) is 18.2 Å². The van der Waals surface area contributed by atoms with Gasteiger partial charge in [0.1, 0.15) is 5.82 Å². The highest BCUT2D eigenvalue weighted by Gasteiger charge is 2.24. The monoisotopic (exact) mass is 293 g/mol. The van der Waals surface area contributed by atoms with Crippen LogP contribution in [0, 0.1) is 17.5 Å². The maximum atomic E-state index is 13.7. The van der Waals surface area contributed by atoms with Crippen LogP contribution in [0.1, 0.15) is 17.2 Å². The number of nitrogens with zero attached hydrogens (tertiary/aromatic N) is 1. The number of anilines is 1. The molecule has 1 aliphatic heterocycles. The van der Waals surface area contributed by atoms with Gasteiger partial charge in [-0.25, -0.2) is 13.2 Å². The Balaban J connectivity index is 1.82. The van der Waals surface area contributed by atoms with Gasteiger partial charge in [0.2, 0.25) is 0 Å². The van der Waals surface area contributed by atoms with Crippen molar-refractivity contribution in [3.05, 3.63) is 65.0 Å². The van der Waals surface area contributed by atoms with Crippen molar-refractivity contribution in [2.24, 2.45) is 0 Å². The molecule has 5 heteroatoms. The minimum atomic E-state index is -1.17. The summed E-state index contributed by atoms with van der Waals surface area (Å²) in [4.78, 5) is 1.79. The fourth-order valence-electron chi connectivity index (χ4n) is 2.69. The molecule has 2 nitrogen and oxygen atoms in total. The molecule has 2 aromatic carbocycles. The first-order valence-corrected chi connectivity index (χ1v) is 6.71. The molecule has 0 amide bonds. The van der Waals surface area contributed by atoms with Gasteiger partial charge in [0, 0.05) is 24.3 Å². The van der Waals surface area contributed by atoms with E-state index in [9.17, 15) is 18.3 Å². The highest BCUT2D eigenvalue weighted by Crippen LogP contribution is 2.31. The van der Waals surface area contributed by atoms with Crippen molar-refractivity contribution in [1.82, 2.24) is 0 Å². The Bertz CT molecular complexity index is 675. The van der Waals surface area contributed by atoms with Crippen molar-refractivity contribution in [2.45, 2.75) is 12.5 Å². The van der Waals surface area contributed by atoms with Gasteiger partial charge >= 0.3 is 0 Å². The van der Waals surface area contributed by atoms with Crippen molar-refractivity contribution in [3.63, 3.8) is 0 Å². The normalized spacial score (nSPS) is 15.1. The van der Waals surface area contributed by atoms with Crippen LogP contribution < -0.4 is 4.90 Å². The van der Waals surface area contributed by atoms with Crippen LogP contribution in [0.25, 0.3) is 0 Å². The maximum absolute atomic E-state index is 13.7. The summed E-state index contributed by atoms with van der Waals surface area (Å²) in [6.07, 6.45) is -0.427. The van der Waals surface area contributed by atoms with Crippen molar-refractivity contribution in [1.29, 1.82) is 0 Å². The van der Waals surface area contributed by atoms with E-state index < -0.39 is 17.7 Å². The van der Waals surface area contributed by atoms with E-state index in [0.29, 0.717) is 12.2 Å². The lowest BCUT2D eigenvalue weighted by Gasteiger charge is -2.23. The van der Waals surface area contributed by atoms with Crippen molar-refractivity contribution >= 4 is 5.69 Å². The third-order valence-corrected chi connectivity index (χ3v) is 3.77. The molecule has 0 bridgehead atoms. The van der Waals surface area contributed by atoms with Crippen molar-refractivity contribution in [3.8, 4) is 0 Å².